The average molecular weight is 674 g/mol. The summed E-state index contributed by atoms with van der Waals surface area (Å²) in [6.45, 7) is 3.79. The van der Waals surface area contributed by atoms with Gasteiger partial charge in [0.05, 0.1) is 19.1 Å². The Hall–Kier alpha value is -3.72. The fourth-order valence-electron chi connectivity index (χ4n) is 7.52. The van der Waals surface area contributed by atoms with Crippen molar-refractivity contribution in [1.29, 1.82) is 0 Å². The van der Waals surface area contributed by atoms with Crippen molar-refractivity contribution in [2.45, 2.75) is 68.8 Å². The van der Waals surface area contributed by atoms with Crippen molar-refractivity contribution in [2.75, 3.05) is 39.8 Å². The number of urea groups is 1. The number of nitrogens with zero attached hydrogens (tertiary/aromatic N) is 2. The normalized spacial score (nSPS) is 17.1. The number of aliphatic hydroxyl groups is 1. The maximum Gasteiger partial charge on any atom is 0.324 e. The zero-order valence-corrected chi connectivity index (χ0v) is 28.7. The second-order valence-corrected chi connectivity index (χ2v) is 13.8. The van der Waals surface area contributed by atoms with Gasteiger partial charge in [-0.15, -0.1) is 0 Å². The number of carbonyl (C=O) groups excluding carboxylic acids is 3. The SMILES string of the molecule is COC(=O)CCC(=O)NC(=O)N1CCC(CC(CCCN2CCC(O)(c3ccc(Cl)cc3)CC2)(c2ccccc2)c2ccccc2)CC1. The molecular weight excluding hydrogens is 626 g/mol. The lowest BCUT2D eigenvalue weighted by Crippen LogP contribution is -2.47. The molecule has 3 amide bonds. The third-order valence-electron chi connectivity index (χ3n) is 10.4. The van der Waals surface area contributed by atoms with E-state index in [2.05, 4.69) is 75.6 Å². The van der Waals surface area contributed by atoms with E-state index in [1.807, 2.05) is 24.3 Å². The standard InChI is InChI=1S/C39H48ClN3O5/c1-48-36(45)18-17-35(44)41-37(46)43-25-19-30(20-26-43)29-38(31-9-4-2-5-10-31,32-11-6-3-7-12-32)21-8-24-42-27-22-39(47,23-28-42)33-13-15-34(40)16-14-33/h2-7,9-16,30,47H,8,17-29H2,1H3,(H,41,44,46). The van der Waals surface area contributed by atoms with Crippen LogP contribution >= 0.6 is 11.6 Å². The monoisotopic (exact) mass is 673 g/mol. The van der Waals surface area contributed by atoms with Crippen molar-refractivity contribution < 1.29 is 24.2 Å². The summed E-state index contributed by atoms with van der Waals surface area (Å²) in [6, 6.07) is 28.8. The number of amides is 3. The van der Waals surface area contributed by atoms with E-state index in [0.29, 0.717) is 36.9 Å². The first-order chi connectivity index (χ1) is 23.2. The summed E-state index contributed by atoms with van der Waals surface area (Å²) in [5, 5.41) is 14.5. The highest BCUT2D eigenvalue weighted by Crippen LogP contribution is 2.44. The second-order valence-electron chi connectivity index (χ2n) is 13.4. The van der Waals surface area contributed by atoms with Crippen LogP contribution in [0.1, 0.15) is 74.5 Å². The van der Waals surface area contributed by atoms with Gasteiger partial charge in [-0.2, -0.15) is 0 Å². The molecule has 0 bridgehead atoms. The minimum atomic E-state index is -0.818. The van der Waals surface area contributed by atoms with Gasteiger partial charge in [0.2, 0.25) is 5.91 Å². The first-order valence-corrected chi connectivity index (χ1v) is 17.6. The van der Waals surface area contributed by atoms with Gasteiger partial charge in [0.15, 0.2) is 0 Å². The lowest BCUT2D eigenvalue weighted by Gasteiger charge is -2.42. The number of hydrogen-bond donors (Lipinski definition) is 2. The van der Waals surface area contributed by atoms with Gasteiger partial charge in [-0.3, -0.25) is 14.9 Å². The van der Waals surface area contributed by atoms with Crippen LogP contribution in [0, 0.1) is 5.92 Å². The Morgan fingerprint density at radius 1 is 0.875 bits per heavy atom. The molecule has 0 aliphatic carbocycles. The van der Waals surface area contributed by atoms with Gasteiger partial charge in [0.1, 0.15) is 0 Å². The largest absolute Gasteiger partial charge is 0.469 e. The van der Waals surface area contributed by atoms with Gasteiger partial charge in [-0.25, -0.2) is 4.79 Å². The number of piperidine rings is 2. The molecule has 2 aliphatic heterocycles. The van der Waals surface area contributed by atoms with Gasteiger partial charge in [0.25, 0.3) is 0 Å². The Bertz CT molecular complexity index is 1450. The van der Waals surface area contributed by atoms with Crippen molar-refractivity contribution in [1.82, 2.24) is 15.1 Å². The molecule has 256 valence electrons. The van der Waals surface area contributed by atoms with E-state index in [4.69, 9.17) is 11.6 Å². The van der Waals surface area contributed by atoms with Crippen LogP contribution in [0.15, 0.2) is 84.9 Å². The molecule has 2 N–H and O–H groups in total. The summed E-state index contributed by atoms with van der Waals surface area (Å²) in [7, 11) is 1.28. The molecule has 3 aromatic rings. The van der Waals surface area contributed by atoms with Crippen LogP contribution in [0.25, 0.3) is 0 Å². The smallest absolute Gasteiger partial charge is 0.324 e. The number of esters is 1. The predicted octanol–water partition coefficient (Wildman–Crippen LogP) is 6.68. The molecular formula is C39H48ClN3O5. The lowest BCUT2D eigenvalue weighted by molar-refractivity contribution is -0.142. The topological polar surface area (TPSA) is 99.2 Å². The summed E-state index contributed by atoms with van der Waals surface area (Å²) in [4.78, 5) is 40.6. The highest BCUT2D eigenvalue weighted by Gasteiger charge is 2.39. The number of ether oxygens (including phenoxy) is 1. The molecule has 3 aromatic carbocycles. The van der Waals surface area contributed by atoms with Crippen LogP contribution in [0.2, 0.25) is 5.02 Å². The highest BCUT2D eigenvalue weighted by atomic mass is 35.5. The van der Waals surface area contributed by atoms with Crippen LogP contribution in [-0.4, -0.2) is 72.6 Å². The molecule has 8 nitrogen and oxygen atoms in total. The van der Waals surface area contributed by atoms with E-state index in [0.717, 1.165) is 57.3 Å². The zero-order valence-electron chi connectivity index (χ0n) is 27.9. The molecule has 2 fully saturated rings. The van der Waals surface area contributed by atoms with Crippen LogP contribution in [0.4, 0.5) is 4.79 Å². The Kier molecular flexibility index (Phi) is 12.3. The Morgan fingerprint density at radius 2 is 1.46 bits per heavy atom. The van der Waals surface area contributed by atoms with E-state index in [1.165, 1.54) is 18.2 Å². The minimum Gasteiger partial charge on any atom is -0.469 e. The van der Waals surface area contributed by atoms with Gasteiger partial charge in [-0.05, 0) is 86.2 Å². The van der Waals surface area contributed by atoms with Crippen molar-refractivity contribution >= 4 is 29.5 Å². The quantitative estimate of drug-likeness (QED) is 0.208. The number of likely N-dealkylation sites (tertiary alicyclic amines) is 2. The predicted molar refractivity (Wildman–Crippen MR) is 188 cm³/mol. The first kappa shape index (κ1) is 35.6. The van der Waals surface area contributed by atoms with Gasteiger partial charge >= 0.3 is 12.0 Å². The highest BCUT2D eigenvalue weighted by molar-refractivity contribution is 6.30. The molecule has 2 aliphatic rings. The van der Waals surface area contributed by atoms with Crippen molar-refractivity contribution in [3.63, 3.8) is 0 Å². The van der Waals surface area contributed by atoms with Crippen LogP contribution in [-0.2, 0) is 25.3 Å². The third kappa shape index (κ3) is 9.04. The zero-order chi connectivity index (χ0) is 34.0. The molecule has 0 radical (unpaired) electrons. The first-order valence-electron chi connectivity index (χ1n) is 17.2. The summed E-state index contributed by atoms with van der Waals surface area (Å²) < 4.78 is 4.59. The van der Waals surface area contributed by atoms with Crippen molar-refractivity contribution in [2.24, 2.45) is 5.92 Å². The molecule has 0 saturated carbocycles. The number of nitrogens with one attached hydrogen (secondary N) is 1. The number of carbonyl (C=O) groups is 3. The van der Waals surface area contributed by atoms with Crippen LogP contribution in [0.5, 0.6) is 0 Å². The second kappa shape index (κ2) is 16.6. The Balaban J connectivity index is 1.23. The van der Waals surface area contributed by atoms with E-state index in [9.17, 15) is 19.5 Å². The average Bonchev–Trinajstić information content (AvgIpc) is 3.12. The van der Waals surface area contributed by atoms with E-state index >= 15 is 0 Å². The molecule has 2 heterocycles. The maximum atomic E-state index is 12.8. The number of imide groups is 1. The van der Waals surface area contributed by atoms with Crippen LogP contribution < -0.4 is 5.32 Å². The summed E-state index contributed by atoms with van der Waals surface area (Å²) >= 11 is 6.09. The molecule has 48 heavy (non-hydrogen) atoms. The maximum absolute atomic E-state index is 12.8. The molecule has 0 spiro atoms. The lowest BCUT2D eigenvalue weighted by atomic mass is 9.65. The third-order valence-corrected chi connectivity index (χ3v) is 10.6. The number of hydrogen-bond acceptors (Lipinski definition) is 6. The number of methoxy groups -OCH3 is 1. The molecule has 0 unspecified atom stereocenters. The fourth-order valence-corrected chi connectivity index (χ4v) is 7.64. The van der Waals surface area contributed by atoms with E-state index in [-0.39, 0.29) is 18.3 Å². The molecule has 0 aromatic heterocycles. The molecule has 2 saturated heterocycles. The van der Waals surface area contributed by atoms with Gasteiger partial charge < -0.3 is 19.6 Å². The number of rotatable bonds is 12. The number of halogens is 1. The Morgan fingerprint density at radius 3 is 2.02 bits per heavy atom. The summed E-state index contributed by atoms with van der Waals surface area (Å²) in [5.74, 6) is -0.548. The van der Waals surface area contributed by atoms with Gasteiger partial charge in [-0.1, -0.05) is 84.4 Å². The molecule has 9 heteroatoms. The van der Waals surface area contributed by atoms with Gasteiger partial charge in [0, 0.05) is 43.0 Å². The summed E-state index contributed by atoms with van der Waals surface area (Å²) in [5.41, 5.74) is 2.54. The van der Waals surface area contributed by atoms with Crippen molar-refractivity contribution in [3.05, 3.63) is 107 Å². The fraction of sp³-hybridized carbons (Fsp3) is 0.462. The minimum absolute atomic E-state index is 0.0535. The van der Waals surface area contributed by atoms with Crippen molar-refractivity contribution in [3.8, 4) is 0 Å². The van der Waals surface area contributed by atoms with Crippen LogP contribution in [0.3, 0.4) is 0 Å². The van der Waals surface area contributed by atoms with E-state index in [1.54, 1.807) is 4.90 Å². The Labute approximate surface area is 289 Å². The number of benzene rings is 3. The van der Waals surface area contributed by atoms with E-state index < -0.39 is 23.5 Å². The molecule has 0 atom stereocenters. The molecule has 5 rings (SSSR count). The summed E-state index contributed by atoms with van der Waals surface area (Å²) in [6.07, 6.45) is 5.91.